The van der Waals surface area contributed by atoms with E-state index in [2.05, 4.69) is 26.9 Å². The van der Waals surface area contributed by atoms with E-state index in [9.17, 15) is 4.79 Å². The number of halogens is 1. The van der Waals surface area contributed by atoms with Crippen LogP contribution in [0.4, 0.5) is 0 Å². The van der Waals surface area contributed by atoms with Gasteiger partial charge in [-0.15, -0.1) is 11.3 Å². The van der Waals surface area contributed by atoms with E-state index in [1.807, 2.05) is 31.7 Å². The fraction of sp³-hybridized carbons (Fsp3) is 0.571. The van der Waals surface area contributed by atoms with Gasteiger partial charge in [-0.3, -0.25) is 9.69 Å². The van der Waals surface area contributed by atoms with Gasteiger partial charge in [0.1, 0.15) is 5.54 Å². The van der Waals surface area contributed by atoms with E-state index in [1.54, 1.807) is 0 Å². The van der Waals surface area contributed by atoms with E-state index in [4.69, 9.17) is 5.26 Å². The molecule has 0 radical (unpaired) electrons. The SMILES string of the molecule is Cc1cc(C(=O)N2CCN(C(C)(C)C#N)CC2)sc1Br. The van der Waals surface area contributed by atoms with Gasteiger partial charge in [-0.1, -0.05) is 0 Å². The lowest BCUT2D eigenvalue weighted by molar-refractivity contribution is 0.0525. The van der Waals surface area contributed by atoms with Gasteiger partial charge >= 0.3 is 0 Å². The fourth-order valence-electron chi connectivity index (χ4n) is 2.26. The molecule has 1 aromatic rings. The van der Waals surface area contributed by atoms with Crippen molar-refractivity contribution in [3.05, 3.63) is 20.3 Å². The van der Waals surface area contributed by atoms with E-state index in [0.717, 1.165) is 27.3 Å². The smallest absolute Gasteiger partial charge is 0.264 e. The zero-order chi connectivity index (χ0) is 14.9. The van der Waals surface area contributed by atoms with Crippen LogP contribution in [0.5, 0.6) is 0 Å². The molecule has 0 atom stereocenters. The Kier molecular flexibility index (Phi) is 4.52. The van der Waals surface area contributed by atoms with Crippen LogP contribution in [0, 0.1) is 18.3 Å². The molecule has 1 aromatic heterocycles. The highest BCUT2D eigenvalue weighted by Crippen LogP contribution is 2.28. The van der Waals surface area contributed by atoms with Crippen LogP contribution in [0.25, 0.3) is 0 Å². The van der Waals surface area contributed by atoms with Crippen molar-refractivity contribution in [2.24, 2.45) is 0 Å². The van der Waals surface area contributed by atoms with Gasteiger partial charge in [-0.05, 0) is 48.3 Å². The number of hydrogen-bond acceptors (Lipinski definition) is 4. The second kappa shape index (κ2) is 5.84. The van der Waals surface area contributed by atoms with Crippen LogP contribution in [0.15, 0.2) is 9.85 Å². The summed E-state index contributed by atoms with van der Waals surface area (Å²) >= 11 is 4.94. The summed E-state index contributed by atoms with van der Waals surface area (Å²) in [4.78, 5) is 17.2. The van der Waals surface area contributed by atoms with Crippen LogP contribution in [0.2, 0.25) is 0 Å². The Morgan fingerprint density at radius 3 is 2.45 bits per heavy atom. The fourth-order valence-corrected chi connectivity index (χ4v) is 3.76. The summed E-state index contributed by atoms with van der Waals surface area (Å²) in [5.74, 6) is 0.0956. The second-order valence-corrected chi connectivity index (χ2v) is 7.89. The lowest BCUT2D eigenvalue weighted by Crippen LogP contribution is -2.55. The van der Waals surface area contributed by atoms with E-state index in [1.165, 1.54) is 11.3 Å². The molecule has 0 aliphatic carbocycles. The molecule has 108 valence electrons. The third-order valence-corrected chi connectivity index (χ3v) is 5.82. The molecule has 2 heterocycles. The van der Waals surface area contributed by atoms with E-state index < -0.39 is 5.54 Å². The molecule has 0 N–H and O–H groups in total. The van der Waals surface area contributed by atoms with Gasteiger partial charge in [-0.2, -0.15) is 5.26 Å². The largest absolute Gasteiger partial charge is 0.335 e. The maximum absolute atomic E-state index is 12.4. The monoisotopic (exact) mass is 355 g/mol. The molecule has 1 amide bonds. The van der Waals surface area contributed by atoms with E-state index >= 15 is 0 Å². The molecule has 0 bridgehead atoms. The number of piperazine rings is 1. The average molecular weight is 356 g/mol. The predicted molar refractivity (Wildman–Crippen MR) is 83.9 cm³/mol. The minimum atomic E-state index is -0.461. The summed E-state index contributed by atoms with van der Waals surface area (Å²) in [5, 5.41) is 9.16. The molecule has 1 fully saturated rings. The van der Waals surface area contributed by atoms with Crippen molar-refractivity contribution in [3.63, 3.8) is 0 Å². The van der Waals surface area contributed by atoms with Gasteiger partial charge in [0.25, 0.3) is 5.91 Å². The minimum Gasteiger partial charge on any atom is -0.335 e. The molecule has 0 unspecified atom stereocenters. The zero-order valence-electron chi connectivity index (χ0n) is 11.9. The Morgan fingerprint density at radius 2 is 2.00 bits per heavy atom. The standard InChI is InChI=1S/C14H18BrN3OS/c1-10-8-11(20-12(10)15)13(19)17-4-6-18(7-5-17)14(2,3)9-16/h8H,4-7H2,1-3H3. The van der Waals surface area contributed by atoms with Crippen molar-refractivity contribution in [3.8, 4) is 6.07 Å². The summed E-state index contributed by atoms with van der Waals surface area (Å²) in [5.41, 5.74) is 0.639. The Morgan fingerprint density at radius 1 is 1.40 bits per heavy atom. The first-order valence-electron chi connectivity index (χ1n) is 6.56. The minimum absolute atomic E-state index is 0.0956. The summed E-state index contributed by atoms with van der Waals surface area (Å²) in [7, 11) is 0. The molecular weight excluding hydrogens is 338 g/mol. The van der Waals surface area contributed by atoms with E-state index in [-0.39, 0.29) is 5.91 Å². The van der Waals surface area contributed by atoms with Crippen molar-refractivity contribution in [2.45, 2.75) is 26.3 Å². The second-order valence-electron chi connectivity index (χ2n) is 5.52. The lowest BCUT2D eigenvalue weighted by atomic mass is 10.0. The number of nitriles is 1. The van der Waals surface area contributed by atoms with Crippen LogP contribution < -0.4 is 0 Å². The van der Waals surface area contributed by atoms with Crippen LogP contribution in [0.1, 0.15) is 29.1 Å². The summed E-state index contributed by atoms with van der Waals surface area (Å²) in [6.45, 7) is 8.69. The van der Waals surface area contributed by atoms with E-state index in [0.29, 0.717) is 13.1 Å². The van der Waals surface area contributed by atoms with Crippen LogP contribution in [-0.2, 0) is 0 Å². The molecule has 0 spiro atoms. The molecule has 6 heteroatoms. The number of hydrogen-bond donors (Lipinski definition) is 0. The maximum atomic E-state index is 12.4. The molecule has 1 aliphatic rings. The topological polar surface area (TPSA) is 47.3 Å². The van der Waals surface area contributed by atoms with Crippen LogP contribution >= 0.6 is 27.3 Å². The zero-order valence-corrected chi connectivity index (χ0v) is 14.3. The maximum Gasteiger partial charge on any atom is 0.264 e. The first-order valence-corrected chi connectivity index (χ1v) is 8.17. The third-order valence-electron chi connectivity index (χ3n) is 3.70. The summed E-state index contributed by atoms with van der Waals surface area (Å²) in [6, 6.07) is 4.25. The van der Waals surface area contributed by atoms with Crippen molar-refractivity contribution < 1.29 is 4.79 Å². The Bertz CT molecular complexity index is 534. The molecule has 1 saturated heterocycles. The molecule has 1 aliphatic heterocycles. The quantitative estimate of drug-likeness (QED) is 0.819. The number of amides is 1. The number of aryl methyl sites for hydroxylation is 1. The number of nitrogens with zero attached hydrogens (tertiary/aromatic N) is 3. The van der Waals surface area contributed by atoms with Crippen molar-refractivity contribution in [2.75, 3.05) is 26.2 Å². The molecule has 20 heavy (non-hydrogen) atoms. The van der Waals surface area contributed by atoms with Gasteiger partial charge in [0.05, 0.1) is 14.7 Å². The molecule has 0 aromatic carbocycles. The van der Waals surface area contributed by atoms with Crippen molar-refractivity contribution >= 4 is 33.2 Å². The number of carbonyl (C=O) groups is 1. The molecule has 4 nitrogen and oxygen atoms in total. The van der Waals surface area contributed by atoms with Gasteiger partial charge in [0.2, 0.25) is 0 Å². The van der Waals surface area contributed by atoms with Crippen molar-refractivity contribution in [1.29, 1.82) is 5.26 Å². The highest BCUT2D eigenvalue weighted by atomic mass is 79.9. The summed E-state index contributed by atoms with van der Waals surface area (Å²) < 4.78 is 1.02. The predicted octanol–water partition coefficient (Wildman–Crippen LogP) is 2.88. The normalized spacial score (nSPS) is 17.1. The number of carbonyl (C=O) groups excluding carboxylic acids is 1. The Hall–Kier alpha value is -0.900. The molecular formula is C14H18BrN3OS. The lowest BCUT2D eigenvalue weighted by Gasteiger charge is -2.40. The first-order chi connectivity index (χ1) is 9.35. The molecule has 2 rings (SSSR count). The Balaban J connectivity index is 2.01. The summed E-state index contributed by atoms with van der Waals surface area (Å²) in [6.07, 6.45) is 0. The van der Waals surface area contributed by atoms with Crippen LogP contribution in [-0.4, -0.2) is 47.4 Å². The van der Waals surface area contributed by atoms with Gasteiger partial charge in [0.15, 0.2) is 0 Å². The Labute approximate surface area is 132 Å². The van der Waals surface area contributed by atoms with Gasteiger partial charge in [0, 0.05) is 26.2 Å². The van der Waals surface area contributed by atoms with Gasteiger partial charge < -0.3 is 4.90 Å². The highest BCUT2D eigenvalue weighted by molar-refractivity contribution is 9.11. The first kappa shape index (κ1) is 15.5. The highest BCUT2D eigenvalue weighted by Gasteiger charge is 2.31. The van der Waals surface area contributed by atoms with Crippen molar-refractivity contribution in [1.82, 2.24) is 9.80 Å². The molecule has 0 saturated carbocycles. The third kappa shape index (κ3) is 3.05. The average Bonchev–Trinajstić information content (AvgIpc) is 2.78. The van der Waals surface area contributed by atoms with Crippen LogP contribution in [0.3, 0.4) is 0 Å². The van der Waals surface area contributed by atoms with Gasteiger partial charge in [-0.25, -0.2) is 0 Å². The number of rotatable bonds is 2. The number of thiophene rings is 1.